The molecule has 3 N–H and O–H groups in total. The lowest BCUT2D eigenvalue weighted by atomic mass is 9.71. The van der Waals surface area contributed by atoms with Crippen LogP contribution in [0.3, 0.4) is 0 Å². The van der Waals surface area contributed by atoms with E-state index in [2.05, 4.69) is 10.6 Å². The molecule has 0 bridgehead atoms. The van der Waals surface area contributed by atoms with E-state index in [9.17, 15) is 4.79 Å². The zero-order valence-electron chi connectivity index (χ0n) is 7.68. The van der Waals surface area contributed by atoms with Crippen LogP contribution in [-0.4, -0.2) is 37.3 Å². The largest absolute Gasteiger partial charge is 0.481 e. The Hall–Kier alpha value is -0.610. The fourth-order valence-corrected chi connectivity index (χ4v) is 2.60. The highest BCUT2D eigenvalue weighted by molar-refractivity contribution is 5.72. The van der Waals surface area contributed by atoms with E-state index in [0.717, 1.165) is 32.5 Å². The first-order valence-electron chi connectivity index (χ1n) is 4.89. The van der Waals surface area contributed by atoms with Crippen LogP contribution in [0.5, 0.6) is 0 Å². The van der Waals surface area contributed by atoms with Crippen molar-refractivity contribution < 1.29 is 9.90 Å². The van der Waals surface area contributed by atoms with Gasteiger partial charge in [-0.25, -0.2) is 0 Å². The van der Waals surface area contributed by atoms with Crippen LogP contribution in [0.25, 0.3) is 0 Å². The Morgan fingerprint density at radius 1 is 1.31 bits per heavy atom. The molecule has 0 aromatic heterocycles. The number of hydrogen-bond donors (Lipinski definition) is 3. The molecule has 0 aromatic rings. The van der Waals surface area contributed by atoms with Crippen LogP contribution in [0.15, 0.2) is 0 Å². The molecule has 0 amide bonds. The molecule has 4 nitrogen and oxygen atoms in total. The average Bonchev–Trinajstić information content (AvgIpc) is 2.50. The zero-order valence-corrected chi connectivity index (χ0v) is 7.68. The quantitative estimate of drug-likeness (QED) is 0.522. The number of hydrogen-bond acceptors (Lipinski definition) is 3. The molecule has 4 heteroatoms. The van der Waals surface area contributed by atoms with Gasteiger partial charge in [0.05, 0.1) is 5.92 Å². The van der Waals surface area contributed by atoms with Crippen molar-refractivity contribution in [1.29, 1.82) is 0 Å². The number of piperidine rings is 1. The molecule has 0 aliphatic carbocycles. The highest BCUT2D eigenvalue weighted by atomic mass is 16.4. The number of nitrogens with one attached hydrogen (secondary N) is 2. The van der Waals surface area contributed by atoms with E-state index in [-0.39, 0.29) is 11.3 Å². The molecule has 2 fully saturated rings. The van der Waals surface area contributed by atoms with Crippen LogP contribution in [-0.2, 0) is 4.79 Å². The van der Waals surface area contributed by atoms with Crippen molar-refractivity contribution in [3.8, 4) is 0 Å². The van der Waals surface area contributed by atoms with Crippen molar-refractivity contribution >= 4 is 5.97 Å². The lowest BCUT2D eigenvalue weighted by Crippen LogP contribution is -2.44. The summed E-state index contributed by atoms with van der Waals surface area (Å²) < 4.78 is 0. The molecule has 0 aromatic carbocycles. The van der Waals surface area contributed by atoms with Crippen molar-refractivity contribution in [2.75, 3.05) is 26.2 Å². The molecule has 74 valence electrons. The molecular formula is C9H16N2O2. The van der Waals surface area contributed by atoms with Gasteiger partial charge in [0.1, 0.15) is 0 Å². The fraction of sp³-hybridized carbons (Fsp3) is 0.889. The minimum absolute atomic E-state index is 0.0388. The minimum Gasteiger partial charge on any atom is -0.481 e. The first-order chi connectivity index (χ1) is 6.25. The molecule has 2 rings (SSSR count). The third kappa shape index (κ3) is 1.44. The van der Waals surface area contributed by atoms with E-state index in [1.165, 1.54) is 0 Å². The SMILES string of the molecule is O=C(O)C1CNCC12CCNCC2. The second-order valence-corrected chi connectivity index (χ2v) is 4.13. The van der Waals surface area contributed by atoms with Crippen molar-refractivity contribution in [1.82, 2.24) is 10.6 Å². The summed E-state index contributed by atoms with van der Waals surface area (Å²) in [6, 6.07) is 0. The van der Waals surface area contributed by atoms with Gasteiger partial charge in [-0.1, -0.05) is 0 Å². The Labute approximate surface area is 77.7 Å². The Balaban J connectivity index is 2.13. The van der Waals surface area contributed by atoms with Gasteiger partial charge in [0.2, 0.25) is 0 Å². The zero-order chi connectivity index (χ0) is 9.31. The summed E-state index contributed by atoms with van der Waals surface area (Å²) in [6.07, 6.45) is 1.99. The molecule has 2 aliphatic heterocycles. The molecule has 2 heterocycles. The molecule has 2 aliphatic rings. The van der Waals surface area contributed by atoms with Crippen molar-refractivity contribution in [3.63, 3.8) is 0 Å². The Morgan fingerprint density at radius 2 is 2.00 bits per heavy atom. The predicted molar refractivity (Wildman–Crippen MR) is 48.5 cm³/mol. The molecule has 1 unspecified atom stereocenters. The van der Waals surface area contributed by atoms with Gasteiger partial charge in [0.15, 0.2) is 0 Å². The van der Waals surface area contributed by atoms with Gasteiger partial charge in [0.25, 0.3) is 0 Å². The second kappa shape index (κ2) is 3.27. The van der Waals surface area contributed by atoms with Crippen LogP contribution in [0.4, 0.5) is 0 Å². The normalized spacial score (nSPS) is 32.2. The van der Waals surface area contributed by atoms with E-state index in [0.29, 0.717) is 6.54 Å². The van der Waals surface area contributed by atoms with Gasteiger partial charge >= 0.3 is 5.97 Å². The smallest absolute Gasteiger partial charge is 0.308 e. The second-order valence-electron chi connectivity index (χ2n) is 4.13. The number of carboxylic acid groups (broad SMARTS) is 1. The lowest BCUT2D eigenvalue weighted by Gasteiger charge is -2.36. The Morgan fingerprint density at radius 3 is 2.62 bits per heavy atom. The maximum absolute atomic E-state index is 11.0. The van der Waals surface area contributed by atoms with E-state index in [1.54, 1.807) is 0 Å². The van der Waals surface area contributed by atoms with Crippen LogP contribution >= 0.6 is 0 Å². The van der Waals surface area contributed by atoms with Gasteiger partial charge in [0, 0.05) is 13.1 Å². The van der Waals surface area contributed by atoms with Gasteiger partial charge < -0.3 is 15.7 Å². The summed E-state index contributed by atoms with van der Waals surface area (Å²) in [5, 5.41) is 15.6. The number of carbonyl (C=O) groups is 1. The van der Waals surface area contributed by atoms with Crippen molar-refractivity contribution in [2.24, 2.45) is 11.3 Å². The molecule has 0 radical (unpaired) electrons. The third-order valence-corrected chi connectivity index (χ3v) is 3.46. The first kappa shape index (κ1) is 8.97. The predicted octanol–water partition coefficient (Wildman–Crippen LogP) is -0.340. The monoisotopic (exact) mass is 184 g/mol. The molecular weight excluding hydrogens is 168 g/mol. The van der Waals surface area contributed by atoms with Gasteiger partial charge in [-0.3, -0.25) is 4.79 Å². The van der Waals surface area contributed by atoms with Gasteiger partial charge in [-0.05, 0) is 31.3 Å². The van der Waals surface area contributed by atoms with E-state index in [4.69, 9.17) is 5.11 Å². The summed E-state index contributed by atoms with van der Waals surface area (Å²) >= 11 is 0. The third-order valence-electron chi connectivity index (χ3n) is 3.46. The van der Waals surface area contributed by atoms with E-state index < -0.39 is 5.97 Å². The minimum atomic E-state index is -0.633. The first-order valence-corrected chi connectivity index (χ1v) is 4.89. The summed E-state index contributed by atoms with van der Waals surface area (Å²) in [7, 11) is 0. The van der Waals surface area contributed by atoms with Crippen LogP contribution < -0.4 is 10.6 Å². The topological polar surface area (TPSA) is 61.4 Å². The fourth-order valence-electron chi connectivity index (χ4n) is 2.60. The van der Waals surface area contributed by atoms with Gasteiger partial charge in [-0.15, -0.1) is 0 Å². The Bertz CT molecular complexity index is 212. The van der Waals surface area contributed by atoms with Crippen molar-refractivity contribution in [2.45, 2.75) is 12.8 Å². The van der Waals surface area contributed by atoms with E-state index >= 15 is 0 Å². The lowest BCUT2D eigenvalue weighted by molar-refractivity contribution is -0.145. The summed E-state index contributed by atoms with van der Waals surface area (Å²) in [5.74, 6) is -0.804. The molecule has 0 saturated carbocycles. The van der Waals surface area contributed by atoms with Gasteiger partial charge in [-0.2, -0.15) is 0 Å². The number of rotatable bonds is 1. The number of aliphatic carboxylic acids is 1. The molecule has 2 saturated heterocycles. The van der Waals surface area contributed by atoms with E-state index in [1.807, 2.05) is 0 Å². The standard InChI is InChI=1S/C9H16N2O2/c12-8(13)7-5-11-6-9(7)1-3-10-4-2-9/h7,10-11H,1-6H2,(H,12,13). The Kier molecular flexibility index (Phi) is 2.26. The molecule has 1 atom stereocenters. The summed E-state index contributed by atoms with van der Waals surface area (Å²) in [4.78, 5) is 11.0. The van der Waals surface area contributed by atoms with Crippen molar-refractivity contribution in [3.05, 3.63) is 0 Å². The maximum Gasteiger partial charge on any atom is 0.308 e. The van der Waals surface area contributed by atoms with Crippen LogP contribution in [0.2, 0.25) is 0 Å². The summed E-state index contributed by atoms with van der Waals surface area (Å²) in [6.45, 7) is 3.46. The molecule has 1 spiro atoms. The highest BCUT2D eigenvalue weighted by Gasteiger charge is 2.47. The average molecular weight is 184 g/mol. The maximum atomic E-state index is 11.0. The van der Waals surface area contributed by atoms with Crippen LogP contribution in [0, 0.1) is 11.3 Å². The van der Waals surface area contributed by atoms with Crippen LogP contribution in [0.1, 0.15) is 12.8 Å². The number of carboxylic acids is 1. The molecule has 13 heavy (non-hydrogen) atoms. The summed E-state index contributed by atoms with van der Waals surface area (Å²) in [5.41, 5.74) is 0.0388. The highest BCUT2D eigenvalue weighted by Crippen LogP contribution is 2.39.